The average molecular weight is 551 g/mol. The maximum Gasteiger partial charge on any atom is 0.240 e. The lowest BCUT2D eigenvalue weighted by atomic mass is 9.67. The number of aromatic nitrogens is 2. The highest BCUT2D eigenvalue weighted by molar-refractivity contribution is 6.32. The van der Waals surface area contributed by atoms with Crippen LogP contribution < -0.4 is 24.8 Å². The van der Waals surface area contributed by atoms with Crippen LogP contribution in [0.3, 0.4) is 0 Å². The molecule has 2 N–H and O–H groups in total. The quantitative estimate of drug-likeness (QED) is 0.260. The van der Waals surface area contributed by atoms with Crippen molar-refractivity contribution < 1.29 is 28.2 Å². The van der Waals surface area contributed by atoms with Crippen molar-refractivity contribution in [3.63, 3.8) is 0 Å². The first-order valence-electron chi connectivity index (χ1n) is 12.1. The Morgan fingerprint density at radius 2 is 1.56 bits per heavy atom. The van der Waals surface area contributed by atoms with Crippen molar-refractivity contribution in [1.82, 2.24) is 9.97 Å². The predicted octanol–water partition coefficient (Wildman–Crippen LogP) is 5.98. The van der Waals surface area contributed by atoms with E-state index < -0.39 is 23.0 Å². The molecule has 0 radical (unpaired) electrons. The van der Waals surface area contributed by atoms with Gasteiger partial charge in [0.2, 0.25) is 17.7 Å². The minimum Gasteiger partial charge on any atom is -0.493 e. The third-order valence-corrected chi connectivity index (χ3v) is 6.93. The van der Waals surface area contributed by atoms with Gasteiger partial charge in [-0.2, -0.15) is 0 Å². The molecular formula is C28H24ClFN4O5. The van der Waals surface area contributed by atoms with Crippen molar-refractivity contribution in [2.24, 2.45) is 5.41 Å². The largest absolute Gasteiger partial charge is 0.493 e. The van der Waals surface area contributed by atoms with Crippen LogP contribution in [0.15, 0.2) is 60.9 Å². The van der Waals surface area contributed by atoms with Gasteiger partial charge in [0.25, 0.3) is 0 Å². The zero-order valence-corrected chi connectivity index (χ0v) is 21.8. The van der Waals surface area contributed by atoms with E-state index in [-0.39, 0.29) is 10.9 Å². The Labute approximate surface area is 228 Å². The number of nitrogens with one attached hydrogen (secondary N) is 2. The molecule has 0 atom stereocenters. The van der Waals surface area contributed by atoms with Gasteiger partial charge in [-0.1, -0.05) is 18.0 Å². The highest BCUT2D eigenvalue weighted by atomic mass is 35.5. The molecule has 1 aliphatic rings. The average Bonchev–Trinajstić information content (AvgIpc) is 2.90. The first-order valence-corrected chi connectivity index (χ1v) is 12.4. The van der Waals surface area contributed by atoms with Gasteiger partial charge in [-0.15, -0.1) is 0 Å². The summed E-state index contributed by atoms with van der Waals surface area (Å²) in [6, 6.07) is 12.0. The van der Waals surface area contributed by atoms with E-state index >= 15 is 0 Å². The number of methoxy groups -OCH3 is 2. The Balaban J connectivity index is 1.33. The summed E-state index contributed by atoms with van der Waals surface area (Å²) in [6.45, 7) is 0. The van der Waals surface area contributed by atoms with Gasteiger partial charge in [0.1, 0.15) is 22.0 Å². The summed E-state index contributed by atoms with van der Waals surface area (Å²) >= 11 is 6.46. The van der Waals surface area contributed by atoms with E-state index in [0.29, 0.717) is 52.4 Å². The second kappa shape index (κ2) is 10.7. The van der Waals surface area contributed by atoms with Crippen LogP contribution in [0.2, 0.25) is 5.02 Å². The molecule has 200 valence electrons. The first kappa shape index (κ1) is 26.2. The number of rotatable bonds is 8. The van der Waals surface area contributed by atoms with E-state index in [1.54, 1.807) is 31.5 Å². The fraction of sp³-hybridized carbons (Fsp3) is 0.214. The normalized spacial score (nSPS) is 13.7. The van der Waals surface area contributed by atoms with Gasteiger partial charge in [0.15, 0.2) is 11.5 Å². The number of carbonyl (C=O) groups excluding carboxylic acids is 2. The highest BCUT2D eigenvalue weighted by Gasteiger charge is 2.50. The van der Waals surface area contributed by atoms with Crippen LogP contribution in [0, 0.1) is 11.2 Å². The van der Waals surface area contributed by atoms with Gasteiger partial charge in [-0.05, 0) is 55.3 Å². The minimum absolute atomic E-state index is 0.115. The van der Waals surface area contributed by atoms with Gasteiger partial charge >= 0.3 is 0 Å². The van der Waals surface area contributed by atoms with E-state index in [4.69, 9.17) is 25.8 Å². The van der Waals surface area contributed by atoms with Crippen molar-refractivity contribution in [2.75, 3.05) is 24.9 Å². The lowest BCUT2D eigenvalue weighted by Crippen LogP contribution is -2.50. The molecule has 11 heteroatoms. The van der Waals surface area contributed by atoms with Crippen molar-refractivity contribution in [2.45, 2.75) is 19.3 Å². The molecule has 4 aromatic rings. The molecule has 0 unspecified atom stereocenters. The van der Waals surface area contributed by atoms with Crippen LogP contribution in [0.4, 0.5) is 15.8 Å². The zero-order valence-electron chi connectivity index (χ0n) is 21.1. The molecule has 39 heavy (non-hydrogen) atoms. The third kappa shape index (κ3) is 5.15. The van der Waals surface area contributed by atoms with E-state index in [0.717, 1.165) is 6.42 Å². The summed E-state index contributed by atoms with van der Waals surface area (Å²) in [4.78, 5) is 34.8. The number of halogens is 2. The molecule has 0 bridgehead atoms. The molecular weight excluding hydrogens is 527 g/mol. The second-order valence-electron chi connectivity index (χ2n) is 9.00. The topological polar surface area (TPSA) is 112 Å². The van der Waals surface area contributed by atoms with Crippen LogP contribution in [0.25, 0.3) is 10.9 Å². The van der Waals surface area contributed by atoms with Crippen molar-refractivity contribution in [3.05, 3.63) is 71.8 Å². The fourth-order valence-corrected chi connectivity index (χ4v) is 4.54. The summed E-state index contributed by atoms with van der Waals surface area (Å²) in [7, 11) is 3.07. The van der Waals surface area contributed by atoms with E-state index in [1.807, 2.05) is 0 Å². The minimum atomic E-state index is -1.24. The Bertz CT molecular complexity index is 1560. The fourth-order valence-electron chi connectivity index (χ4n) is 4.33. The maximum atomic E-state index is 13.2. The van der Waals surface area contributed by atoms with E-state index in [9.17, 15) is 14.0 Å². The number of ether oxygens (including phenoxy) is 3. The van der Waals surface area contributed by atoms with Crippen LogP contribution in [-0.2, 0) is 9.59 Å². The number of amides is 2. The number of benzene rings is 2. The third-order valence-electron chi connectivity index (χ3n) is 6.66. The van der Waals surface area contributed by atoms with E-state index in [1.165, 1.54) is 43.6 Å². The molecule has 9 nitrogen and oxygen atoms in total. The molecule has 2 aromatic carbocycles. The van der Waals surface area contributed by atoms with Gasteiger partial charge in [-0.25, -0.2) is 9.37 Å². The van der Waals surface area contributed by atoms with Crippen LogP contribution in [0.5, 0.6) is 23.1 Å². The lowest BCUT2D eigenvalue weighted by Gasteiger charge is -2.38. The Kier molecular flexibility index (Phi) is 7.21. The lowest BCUT2D eigenvalue weighted by molar-refractivity contribution is -0.142. The molecule has 1 fully saturated rings. The predicted molar refractivity (Wildman–Crippen MR) is 144 cm³/mol. The first-order chi connectivity index (χ1) is 18.8. The van der Waals surface area contributed by atoms with E-state index in [2.05, 4.69) is 20.6 Å². The molecule has 0 aliphatic heterocycles. The van der Waals surface area contributed by atoms with Gasteiger partial charge < -0.3 is 24.8 Å². The standard InChI is InChI=1S/C28H24ClFN4O5/c1-37-23-13-19-21(14-24(23)38-2)31-11-8-22(19)39-25-20(29)12-18(15-32-25)34-27(36)28(9-3-10-28)26(35)33-17-6-4-16(30)5-7-17/h4-8,11-15H,3,9-10H2,1-2H3,(H,33,35)(H,34,36). The van der Waals surface area contributed by atoms with Gasteiger partial charge in [-0.3, -0.25) is 14.6 Å². The van der Waals surface area contributed by atoms with Crippen molar-refractivity contribution in [3.8, 4) is 23.1 Å². The summed E-state index contributed by atoms with van der Waals surface area (Å²) < 4.78 is 29.9. The summed E-state index contributed by atoms with van der Waals surface area (Å²) in [5.74, 6) is 0.254. The number of pyridine rings is 2. The van der Waals surface area contributed by atoms with Gasteiger partial charge in [0, 0.05) is 23.3 Å². The summed E-state index contributed by atoms with van der Waals surface area (Å²) in [6.07, 6.45) is 4.49. The molecule has 0 saturated heterocycles. The number of carbonyl (C=O) groups is 2. The molecule has 5 rings (SSSR count). The maximum absolute atomic E-state index is 13.2. The number of nitrogens with zero attached hydrogens (tertiary/aromatic N) is 2. The zero-order chi connectivity index (χ0) is 27.6. The molecule has 1 saturated carbocycles. The number of fused-ring (bicyclic) bond motifs is 1. The Hall–Kier alpha value is -4.44. The van der Waals surface area contributed by atoms with Gasteiger partial charge in [0.05, 0.1) is 31.6 Å². The van der Waals surface area contributed by atoms with Crippen LogP contribution in [0.1, 0.15) is 19.3 Å². The summed E-state index contributed by atoms with van der Waals surface area (Å²) in [5, 5.41) is 6.26. The molecule has 1 aliphatic carbocycles. The van der Waals surface area contributed by atoms with Crippen molar-refractivity contribution >= 4 is 45.7 Å². The number of anilines is 2. The summed E-state index contributed by atoms with van der Waals surface area (Å²) in [5.41, 5.74) is 0.0944. The molecule has 2 heterocycles. The smallest absolute Gasteiger partial charge is 0.240 e. The Morgan fingerprint density at radius 3 is 2.18 bits per heavy atom. The van der Waals surface area contributed by atoms with Crippen LogP contribution >= 0.6 is 11.6 Å². The number of hydrogen-bond donors (Lipinski definition) is 2. The molecule has 2 amide bonds. The number of hydrogen-bond acceptors (Lipinski definition) is 7. The van der Waals surface area contributed by atoms with Crippen molar-refractivity contribution in [1.29, 1.82) is 0 Å². The monoisotopic (exact) mass is 550 g/mol. The van der Waals surface area contributed by atoms with Crippen LogP contribution in [-0.4, -0.2) is 36.0 Å². The molecule has 0 spiro atoms. The Morgan fingerprint density at radius 1 is 0.897 bits per heavy atom. The SMILES string of the molecule is COc1cc2nccc(Oc3ncc(NC(=O)C4(C(=O)Nc5ccc(F)cc5)CCC4)cc3Cl)c2cc1OC. The second-order valence-corrected chi connectivity index (χ2v) is 9.40. The molecule has 2 aromatic heterocycles. The highest BCUT2D eigenvalue weighted by Crippen LogP contribution is 2.43.